The van der Waals surface area contributed by atoms with Gasteiger partial charge in [0.15, 0.2) is 0 Å². The van der Waals surface area contributed by atoms with Gasteiger partial charge in [-0.05, 0) is 18.3 Å². The molecule has 0 aromatic carbocycles. The molecule has 4 heteroatoms. The van der Waals surface area contributed by atoms with E-state index >= 15 is 0 Å². The number of carbonyl (C=O) groups excluding carboxylic acids is 1. The number of aliphatic hydroxyl groups is 1. The van der Waals surface area contributed by atoms with Crippen molar-refractivity contribution in [3.63, 3.8) is 0 Å². The average Bonchev–Trinajstić information content (AvgIpc) is 2.49. The summed E-state index contributed by atoms with van der Waals surface area (Å²) in [6, 6.07) is 0. The van der Waals surface area contributed by atoms with Gasteiger partial charge in [0.1, 0.15) is 17.4 Å². The smallest absolute Gasteiger partial charge is 0.340 e. The van der Waals surface area contributed by atoms with Crippen LogP contribution in [0.3, 0.4) is 0 Å². The van der Waals surface area contributed by atoms with Crippen LogP contribution in [0, 0.1) is 5.41 Å². The van der Waals surface area contributed by atoms with Crippen LogP contribution in [0.5, 0.6) is 0 Å². The number of methoxy groups -OCH3 is 1. The summed E-state index contributed by atoms with van der Waals surface area (Å²) < 4.78 is 9.79. The fourth-order valence-electron chi connectivity index (χ4n) is 2.45. The summed E-state index contributed by atoms with van der Waals surface area (Å²) in [6.45, 7) is 4.06. The van der Waals surface area contributed by atoms with E-state index < -0.39 is 11.6 Å². The largest absolute Gasteiger partial charge is 0.472 e. The lowest BCUT2D eigenvalue weighted by Crippen LogP contribution is -2.38. The van der Waals surface area contributed by atoms with Crippen molar-refractivity contribution in [3.05, 3.63) is 23.7 Å². The van der Waals surface area contributed by atoms with E-state index in [1.165, 1.54) is 13.4 Å². The molecule has 0 spiro atoms. The predicted molar refractivity (Wildman–Crippen MR) is 57.2 cm³/mol. The number of esters is 1. The van der Waals surface area contributed by atoms with Crippen molar-refractivity contribution < 1.29 is 19.4 Å². The molecule has 88 valence electrons. The third kappa shape index (κ3) is 1.37. The number of carbonyl (C=O) groups is 1. The van der Waals surface area contributed by atoms with Gasteiger partial charge in [-0.25, -0.2) is 4.79 Å². The minimum absolute atomic E-state index is 0.151. The van der Waals surface area contributed by atoms with Gasteiger partial charge >= 0.3 is 5.97 Å². The van der Waals surface area contributed by atoms with Crippen LogP contribution < -0.4 is 0 Å². The van der Waals surface area contributed by atoms with E-state index in [2.05, 4.69) is 4.74 Å². The highest BCUT2D eigenvalue weighted by molar-refractivity contribution is 5.92. The molecule has 0 aromatic heterocycles. The Labute approximate surface area is 94.5 Å². The summed E-state index contributed by atoms with van der Waals surface area (Å²) in [5.41, 5.74) is -0.419. The second-order valence-corrected chi connectivity index (χ2v) is 4.93. The molecule has 0 radical (unpaired) electrons. The molecule has 1 unspecified atom stereocenters. The topological polar surface area (TPSA) is 55.8 Å². The molecule has 1 atom stereocenters. The lowest BCUT2D eigenvalue weighted by atomic mass is 9.80. The van der Waals surface area contributed by atoms with Crippen molar-refractivity contribution in [2.75, 3.05) is 7.11 Å². The molecular weight excluding hydrogens is 208 g/mol. The summed E-state index contributed by atoms with van der Waals surface area (Å²) in [5.74, 6) is -0.536. The first-order valence-corrected chi connectivity index (χ1v) is 5.30. The Hall–Kier alpha value is -1.29. The van der Waals surface area contributed by atoms with Crippen molar-refractivity contribution in [3.8, 4) is 0 Å². The maximum Gasteiger partial charge on any atom is 0.340 e. The second-order valence-electron chi connectivity index (χ2n) is 4.93. The summed E-state index contributed by atoms with van der Waals surface area (Å²) >= 11 is 0. The number of hydrogen-bond acceptors (Lipinski definition) is 4. The van der Waals surface area contributed by atoms with Crippen LogP contribution in [0.1, 0.15) is 26.7 Å². The number of ether oxygens (including phenoxy) is 2. The van der Waals surface area contributed by atoms with Crippen molar-refractivity contribution in [2.45, 2.75) is 32.3 Å². The summed E-state index contributed by atoms with van der Waals surface area (Å²) in [6.07, 6.45) is 4.15. The Morgan fingerprint density at radius 3 is 2.75 bits per heavy atom. The van der Waals surface area contributed by atoms with Crippen molar-refractivity contribution in [1.29, 1.82) is 0 Å². The molecule has 0 bridgehead atoms. The van der Waals surface area contributed by atoms with Gasteiger partial charge < -0.3 is 14.6 Å². The third-order valence-corrected chi connectivity index (χ3v) is 3.51. The first-order valence-electron chi connectivity index (χ1n) is 5.30. The molecule has 2 aliphatic rings. The Balaban J connectivity index is 2.42. The zero-order chi connectivity index (χ0) is 12.0. The normalized spacial score (nSPS) is 31.0. The molecule has 1 aliphatic heterocycles. The Bertz CT molecular complexity index is 392. The van der Waals surface area contributed by atoms with Crippen LogP contribution in [-0.2, 0) is 14.3 Å². The average molecular weight is 224 g/mol. The van der Waals surface area contributed by atoms with Gasteiger partial charge in [-0.2, -0.15) is 0 Å². The van der Waals surface area contributed by atoms with Crippen LogP contribution in [0.15, 0.2) is 23.7 Å². The fraction of sp³-hybridized carbons (Fsp3) is 0.583. The minimum Gasteiger partial charge on any atom is -0.472 e. The lowest BCUT2D eigenvalue weighted by molar-refractivity contribution is -0.138. The molecule has 1 fully saturated rings. The van der Waals surface area contributed by atoms with Gasteiger partial charge in [0.05, 0.1) is 13.4 Å². The van der Waals surface area contributed by atoms with Crippen LogP contribution in [0.4, 0.5) is 0 Å². The van der Waals surface area contributed by atoms with Gasteiger partial charge in [0, 0.05) is 5.57 Å². The van der Waals surface area contributed by atoms with E-state index in [9.17, 15) is 9.90 Å². The molecule has 1 aliphatic carbocycles. The van der Waals surface area contributed by atoms with Crippen LogP contribution in [-0.4, -0.2) is 23.8 Å². The highest BCUT2D eigenvalue weighted by Crippen LogP contribution is 2.52. The monoisotopic (exact) mass is 224 g/mol. The number of hydrogen-bond donors (Lipinski definition) is 1. The SMILES string of the molecule is COC(=O)C1=COC=C2C(C)(C)CCC12O. The lowest BCUT2D eigenvalue weighted by Gasteiger charge is -2.32. The maximum absolute atomic E-state index is 11.6. The van der Waals surface area contributed by atoms with Crippen molar-refractivity contribution in [1.82, 2.24) is 0 Å². The van der Waals surface area contributed by atoms with Crippen LogP contribution in [0.2, 0.25) is 0 Å². The van der Waals surface area contributed by atoms with Gasteiger partial charge in [-0.3, -0.25) is 0 Å². The minimum atomic E-state index is -1.21. The van der Waals surface area contributed by atoms with Gasteiger partial charge in [0.25, 0.3) is 0 Å². The highest BCUT2D eigenvalue weighted by Gasteiger charge is 2.53. The van der Waals surface area contributed by atoms with Crippen LogP contribution in [0.25, 0.3) is 0 Å². The molecule has 2 rings (SSSR count). The molecule has 0 aromatic rings. The number of fused-ring (bicyclic) bond motifs is 1. The van der Waals surface area contributed by atoms with E-state index in [0.29, 0.717) is 6.42 Å². The van der Waals surface area contributed by atoms with Crippen molar-refractivity contribution >= 4 is 5.97 Å². The Morgan fingerprint density at radius 2 is 2.12 bits per heavy atom. The molecular formula is C12H16O4. The molecule has 0 saturated heterocycles. The molecule has 1 saturated carbocycles. The van der Waals surface area contributed by atoms with Gasteiger partial charge in [-0.15, -0.1) is 0 Å². The Morgan fingerprint density at radius 1 is 1.44 bits per heavy atom. The zero-order valence-electron chi connectivity index (χ0n) is 9.74. The van der Waals surface area contributed by atoms with E-state index in [0.717, 1.165) is 12.0 Å². The summed E-state index contributed by atoms with van der Waals surface area (Å²) in [7, 11) is 1.30. The fourth-order valence-corrected chi connectivity index (χ4v) is 2.45. The van der Waals surface area contributed by atoms with Crippen molar-refractivity contribution in [2.24, 2.45) is 5.41 Å². The zero-order valence-corrected chi connectivity index (χ0v) is 9.74. The summed E-state index contributed by atoms with van der Waals surface area (Å²) in [4.78, 5) is 11.6. The highest BCUT2D eigenvalue weighted by atomic mass is 16.5. The molecule has 0 amide bonds. The van der Waals surface area contributed by atoms with Gasteiger partial charge in [0.2, 0.25) is 0 Å². The standard InChI is InChI=1S/C12H16O4/c1-11(2)4-5-12(14)8(10(13)15-3)6-16-7-9(11)12/h6-7,14H,4-5H2,1-3H3. The first kappa shape index (κ1) is 11.2. The molecule has 16 heavy (non-hydrogen) atoms. The van der Waals surface area contributed by atoms with E-state index in [1.807, 2.05) is 13.8 Å². The predicted octanol–water partition coefficient (Wildman–Crippen LogP) is 1.51. The first-order chi connectivity index (χ1) is 7.42. The second kappa shape index (κ2) is 3.35. The van der Waals surface area contributed by atoms with E-state index in [-0.39, 0.29) is 11.0 Å². The molecule has 1 N–H and O–H groups in total. The molecule has 4 nitrogen and oxygen atoms in total. The Kier molecular flexibility index (Phi) is 2.35. The van der Waals surface area contributed by atoms with Crippen LogP contribution >= 0.6 is 0 Å². The quantitative estimate of drug-likeness (QED) is 0.686. The molecule has 1 heterocycles. The third-order valence-electron chi connectivity index (χ3n) is 3.51. The van der Waals surface area contributed by atoms with E-state index in [1.54, 1.807) is 6.26 Å². The van der Waals surface area contributed by atoms with E-state index in [4.69, 9.17) is 4.74 Å². The maximum atomic E-state index is 11.6. The number of rotatable bonds is 1. The van der Waals surface area contributed by atoms with Gasteiger partial charge in [-0.1, -0.05) is 13.8 Å². The summed E-state index contributed by atoms with van der Waals surface area (Å²) in [5, 5.41) is 10.6.